The quantitative estimate of drug-likeness (QED) is 0.525. The number of carbonyl (C=O) groups is 2. The number of aliphatic hydroxyl groups is 1. The molecule has 0 saturated heterocycles. The molecule has 0 aromatic rings. The molecule has 0 spiro atoms. The second-order valence-electron chi connectivity index (χ2n) is 2.70. The lowest BCUT2D eigenvalue weighted by atomic mass is 10.4. The van der Waals surface area contributed by atoms with E-state index in [2.05, 4.69) is 14.8 Å². The number of rotatable bonds is 6. The summed E-state index contributed by atoms with van der Waals surface area (Å²) in [5.74, 6) is -0.894. The molecule has 1 unspecified atom stereocenters. The van der Waals surface area contributed by atoms with E-state index in [1.54, 1.807) is 0 Å². The third-order valence-electron chi connectivity index (χ3n) is 1.28. The Bertz CT molecular complexity index is 194. The molecule has 0 heterocycles. The molecular formula is C8H15NO5. The number of ether oxygens (including phenoxy) is 2. The second-order valence-corrected chi connectivity index (χ2v) is 2.70. The lowest BCUT2D eigenvalue weighted by Crippen LogP contribution is -2.31. The van der Waals surface area contributed by atoms with Gasteiger partial charge in [0.25, 0.3) is 0 Å². The topological polar surface area (TPSA) is 84.9 Å². The third kappa shape index (κ3) is 7.51. The van der Waals surface area contributed by atoms with Crippen molar-refractivity contribution in [2.24, 2.45) is 0 Å². The van der Waals surface area contributed by atoms with Gasteiger partial charge < -0.3 is 19.9 Å². The highest BCUT2D eigenvalue weighted by Gasteiger charge is 2.08. The van der Waals surface area contributed by atoms with Gasteiger partial charge in [0, 0.05) is 14.0 Å². The fraction of sp³-hybridized carbons (Fsp3) is 0.750. The Balaban J connectivity index is 3.48. The van der Waals surface area contributed by atoms with E-state index in [0.717, 1.165) is 0 Å². The van der Waals surface area contributed by atoms with Crippen molar-refractivity contribution in [1.82, 2.24) is 5.32 Å². The van der Waals surface area contributed by atoms with Crippen LogP contribution in [0.4, 0.5) is 0 Å². The highest BCUT2D eigenvalue weighted by molar-refractivity contribution is 5.80. The fourth-order valence-electron chi connectivity index (χ4n) is 0.677. The zero-order chi connectivity index (χ0) is 11.0. The van der Waals surface area contributed by atoms with Crippen molar-refractivity contribution >= 4 is 11.9 Å². The van der Waals surface area contributed by atoms with Crippen LogP contribution in [0.15, 0.2) is 0 Å². The number of esters is 1. The average molecular weight is 205 g/mol. The normalized spacial score (nSPS) is 11.9. The van der Waals surface area contributed by atoms with Crippen LogP contribution in [0.5, 0.6) is 0 Å². The molecule has 0 aromatic carbocycles. The van der Waals surface area contributed by atoms with E-state index >= 15 is 0 Å². The summed E-state index contributed by atoms with van der Waals surface area (Å²) >= 11 is 0. The molecule has 0 rings (SSSR count). The Hall–Kier alpha value is -1.14. The van der Waals surface area contributed by atoms with Gasteiger partial charge in [-0.05, 0) is 0 Å². The minimum atomic E-state index is -0.832. The van der Waals surface area contributed by atoms with Gasteiger partial charge in [0.05, 0.1) is 6.61 Å². The number of hydrogen-bond donors (Lipinski definition) is 2. The van der Waals surface area contributed by atoms with Crippen molar-refractivity contribution in [3.05, 3.63) is 0 Å². The Morgan fingerprint density at radius 3 is 2.57 bits per heavy atom. The van der Waals surface area contributed by atoms with E-state index in [-0.39, 0.29) is 25.7 Å². The van der Waals surface area contributed by atoms with E-state index in [1.807, 2.05) is 0 Å². The molecule has 0 aliphatic rings. The Morgan fingerprint density at radius 1 is 1.43 bits per heavy atom. The molecule has 0 aliphatic carbocycles. The van der Waals surface area contributed by atoms with Crippen molar-refractivity contribution in [3.8, 4) is 0 Å². The van der Waals surface area contributed by atoms with Crippen LogP contribution >= 0.6 is 0 Å². The molecule has 6 heteroatoms. The minimum absolute atomic E-state index is 0.105. The number of carbonyl (C=O) groups excluding carboxylic acids is 2. The molecule has 82 valence electrons. The maximum Gasteiger partial charge on any atom is 0.325 e. The lowest BCUT2D eigenvalue weighted by Gasteiger charge is -2.10. The Labute approximate surface area is 82.2 Å². The van der Waals surface area contributed by atoms with Crippen molar-refractivity contribution in [1.29, 1.82) is 0 Å². The maximum atomic E-state index is 10.9. The van der Waals surface area contributed by atoms with E-state index < -0.39 is 12.1 Å². The van der Waals surface area contributed by atoms with Crippen molar-refractivity contribution in [3.63, 3.8) is 0 Å². The molecule has 2 N–H and O–H groups in total. The summed E-state index contributed by atoms with van der Waals surface area (Å²) in [6.07, 6.45) is -0.832. The number of hydrogen-bond acceptors (Lipinski definition) is 5. The van der Waals surface area contributed by atoms with Gasteiger partial charge in [-0.2, -0.15) is 0 Å². The summed E-state index contributed by atoms with van der Waals surface area (Å²) in [5, 5.41) is 11.4. The smallest absolute Gasteiger partial charge is 0.325 e. The summed E-state index contributed by atoms with van der Waals surface area (Å²) in [7, 11) is 1.43. The monoisotopic (exact) mass is 205 g/mol. The fourth-order valence-corrected chi connectivity index (χ4v) is 0.677. The van der Waals surface area contributed by atoms with Crippen LogP contribution in [-0.2, 0) is 19.1 Å². The average Bonchev–Trinajstić information content (AvgIpc) is 2.12. The van der Waals surface area contributed by atoms with Crippen molar-refractivity contribution in [2.45, 2.75) is 13.0 Å². The molecule has 6 nitrogen and oxygen atoms in total. The predicted octanol–water partition coefficient (Wildman–Crippen LogP) is -1.33. The molecule has 1 amide bonds. The number of nitrogens with one attached hydrogen (secondary N) is 1. The Morgan fingerprint density at radius 2 is 2.07 bits per heavy atom. The zero-order valence-electron chi connectivity index (χ0n) is 8.28. The van der Waals surface area contributed by atoms with Crippen LogP contribution in [0.2, 0.25) is 0 Å². The van der Waals surface area contributed by atoms with Crippen molar-refractivity contribution < 1.29 is 24.2 Å². The van der Waals surface area contributed by atoms with Crippen LogP contribution < -0.4 is 5.32 Å². The first-order valence-electron chi connectivity index (χ1n) is 4.13. The summed E-state index contributed by atoms with van der Waals surface area (Å²) < 4.78 is 9.25. The Kier molecular flexibility index (Phi) is 6.69. The van der Waals surface area contributed by atoms with Crippen LogP contribution in [0.3, 0.4) is 0 Å². The molecule has 0 bridgehead atoms. The molecule has 0 radical (unpaired) electrons. The molecule has 1 atom stereocenters. The first-order valence-corrected chi connectivity index (χ1v) is 4.13. The van der Waals surface area contributed by atoms with Gasteiger partial charge >= 0.3 is 5.97 Å². The first kappa shape index (κ1) is 12.9. The second kappa shape index (κ2) is 7.28. The molecule has 0 aliphatic heterocycles. The van der Waals surface area contributed by atoms with Crippen LogP contribution in [0, 0.1) is 0 Å². The molecular weight excluding hydrogens is 190 g/mol. The van der Waals surface area contributed by atoms with Gasteiger partial charge in [0.15, 0.2) is 0 Å². The van der Waals surface area contributed by atoms with Gasteiger partial charge in [-0.15, -0.1) is 0 Å². The summed E-state index contributed by atoms with van der Waals surface area (Å²) in [4.78, 5) is 21.3. The summed E-state index contributed by atoms with van der Waals surface area (Å²) in [6, 6.07) is 0. The zero-order valence-corrected chi connectivity index (χ0v) is 8.28. The lowest BCUT2D eigenvalue weighted by molar-refractivity contribution is -0.147. The minimum Gasteiger partial charge on any atom is -0.462 e. The van der Waals surface area contributed by atoms with E-state index in [1.165, 1.54) is 14.0 Å². The highest BCUT2D eigenvalue weighted by Crippen LogP contribution is 1.86. The van der Waals surface area contributed by atoms with Gasteiger partial charge in [-0.25, -0.2) is 0 Å². The SMILES string of the molecule is COCC(O)COC(=O)CNC(C)=O. The van der Waals surface area contributed by atoms with Gasteiger partial charge in [-0.1, -0.05) is 0 Å². The van der Waals surface area contributed by atoms with Crippen LogP contribution in [0.1, 0.15) is 6.92 Å². The summed E-state index contributed by atoms with van der Waals surface area (Å²) in [5.41, 5.74) is 0. The third-order valence-corrected chi connectivity index (χ3v) is 1.28. The highest BCUT2D eigenvalue weighted by atomic mass is 16.5. The first-order chi connectivity index (χ1) is 6.56. The van der Waals surface area contributed by atoms with E-state index in [4.69, 9.17) is 5.11 Å². The van der Waals surface area contributed by atoms with E-state index in [0.29, 0.717) is 0 Å². The van der Waals surface area contributed by atoms with Crippen LogP contribution in [0.25, 0.3) is 0 Å². The van der Waals surface area contributed by atoms with Crippen molar-refractivity contribution in [2.75, 3.05) is 26.9 Å². The van der Waals surface area contributed by atoms with Crippen LogP contribution in [-0.4, -0.2) is 50.0 Å². The van der Waals surface area contributed by atoms with Gasteiger partial charge in [0.1, 0.15) is 19.3 Å². The van der Waals surface area contributed by atoms with Gasteiger partial charge in [0.2, 0.25) is 5.91 Å². The standard InChI is InChI=1S/C8H15NO5/c1-6(10)9-3-8(12)14-5-7(11)4-13-2/h7,11H,3-5H2,1-2H3,(H,9,10). The molecule has 14 heavy (non-hydrogen) atoms. The number of amides is 1. The number of aliphatic hydroxyl groups excluding tert-OH is 1. The molecule has 0 saturated carbocycles. The summed E-state index contributed by atoms with van der Waals surface area (Å²) in [6.45, 7) is 1.09. The largest absolute Gasteiger partial charge is 0.462 e. The maximum absolute atomic E-state index is 10.9. The predicted molar refractivity (Wildman–Crippen MR) is 47.5 cm³/mol. The van der Waals surface area contributed by atoms with Gasteiger partial charge in [-0.3, -0.25) is 9.59 Å². The van der Waals surface area contributed by atoms with E-state index in [9.17, 15) is 9.59 Å². The molecule has 0 aromatic heterocycles. The number of methoxy groups -OCH3 is 1. The molecule has 0 fully saturated rings.